The normalized spacial score (nSPS) is 17.5. The molecule has 1 saturated heterocycles. The summed E-state index contributed by atoms with van der Waals surface area (Å²) in [6.45, 7) is 5.98. The number of carbonyl (C=O) groups is 1. The Kier molecular flexibility index (Phi) is 7.76. The third kappa shape index (κ3) is 5.20. The summed E-state index contributed by atoms with van der Waals surface area (Å²) in [6, 6.07) is 6.72. The van der Waals surface area contributed by atoms with Crippen LogP contribution in [0, 0.1) is 18.6 Å². The fourth-order valence-electron chi connectivity index (χ4n) is 4.42. The molecule has 180 valence electrons. The zero-order chi connectivity index (χ0) is 24.4. The average Bonchev–Trinajstić information content (AvgIpc) is 2.76. The number of nitrogens with zero attached hydrogens (tertiary/aromatic N) is 2. The average molecular weight is 500 g/mol. The molecule has 0 unspecified atom stereocenters. The predicted molar refractivity (Wildman–Crippen MR) is 124 cm³/mol. The first-order valence-corrected chi connectivity index (χ1v) is 12.9. The summed E-state index contributed by atoms with van der Waals surface area (Å²) in [6.07, 6.45) is 1.34. The van der Waals surface area contributed by atoms with E-state index < -0.39 is 49.6 Å². The van der Waals surface area contributed by atoms with Crippen LogP contribution in [0.25, 0.3) is 0 Å². The fraction of sp³-hybridized carbons (Fsp3) is 0.478. The van der Waals surface area contributed by atoms with Crippen molar-refractivity contribution in [1.82, 2.24) is 14.6 Å². The Hall–Kier alpha value is -2.10. The van der Waals surface area contributed by atoms with Gasteiger partial charge in [-0.25, -0.2) is 21.5 Å². The van der Waals surface area contributed by atoms with E-state index in [1.54, 1.807) is 6.92 Å². The second-order valence-corrected chi connectivity index (χ2v) is 10.9. The van der Waals surface area contributed by atoms with Gasteiger partial charge in [0, 0.05) is 35.9 Å². The molecule has 1 aliphatic rings. The second-order valence-electron chi connectivity index (χ2n) is 8.45. The molecule has 1 fully saturated rings. The third-order valence-electron chi connectivity index (χ3n) is 6.32. The number of pyridine rings is 1. The molecular formula is C23H28ClF2N3O3S. The maximum atomic E-state index is 14.3. The number of carbonyl (C=O) groups excluding carboxylic acids is 1. The van der Waals surface area contributed by atoms with E-state index in [-0.39, 0.29) is 18.8 Å². The lowest BCUT2D eigenvalue weighted by molar-refractivity contribution is 0.0888. The Labute approximate surface area is 198 Å². The Morgan fingerprint density at radius 1 is 1.21 bits per heavy atom. The number of nitrogens with one attached hydrogen (secondary N) is 1. The molecule has 1 aliphatic heterocycles. The number of piperidine rings is 1. The predicted octanol–water partition coefficient (Wildman–Crippen LogP) is 4.21. The van der Waals surface area contributed by atoms with Gasteiger partial charge >= 0.3 is 0 Å². The number of sulfonamides is 1. The third-order valence-corrected chi connectivity index (χ3v) is 8.76. The minimum absolute atomic E-state index is 0.0757. The van der Waals surface area contributed by atoms with Crippen LogP contribution in [-0.4, -0.2) is 48.5 Å². The van der Waals surface area contributed by atoms with Gasteiger partial charge in [0.05, 0.1) is 16.3 Å². The summed E-state index contributed by atoms with van der Waals surface area (Å²) in [5.74, 6) is -2.57. The van der Waals surface area contributed by atoms with E-state index in [1.165, 1.54) is 4.31 Å². The molecule has 10 heteroatoms. The molecule has 0 saturated carbocycles. The zero-order valence-electron chi connectivity index (χ0n) is 18.9. The molecule has 0 bridgehead atoms. The molecule has 0 spiro atoms. The number of benzene rings is 1. The highest BCUT2D eigenvalue weighted by atomic mass is 35.5. The number of aryl methyl sites for hydroxylation is 1. The summed E-state index contributed by atoms with van der Waals surface area (Å²) in [5.41, 5.74) is 0.244. The highest BCUT2D eigenvalue weighted by molar-refractivity contribution is 7.89. The van der Waals surface area contributed by atoms with Crippen molar-refractivity contribution in [1.29, 1.82) is 0 Å². The number of rotatable bonds is 7. The minimum atomic E-state index is -3.36. The number of aromatic nitrogens is 1. The van der Waals surface area contributed by atoms with Gasteiger partial charge in [0.25, 0.3) is 5.91 Å². The molecule has 2 heterocycles. The molecule has 1 aromatic carbocycles. The molecule has 0 radical (unpaired) electrons. The van der Waals surface area contributed by atoms with Gasteiger partial charge < -0.3 is 5.32 Å². The highest BCUT2D eigenvalue weighted by Crippen LogP contribution is 2.39. The van der Waals surface area contributed by atoms with Crippen molar-refractivity contribution >= 4 is 27.5 Å². The standard InChI is InChI=1S/C23H28ClF2N3O3S/c1-4-14-33(31,32)29-12-10-23(11-13-29,19-7-5-6-15(2)27-19)16(3)28-22(30)20-17(25)8-9-18(26)21(20)24/h5-9,16H,4,10-14H2,1-3H3,(H,28,30)/t16-/m0/s1. The van der Waals surface area contributed by atoms with Crippen LogP contribution in [-0.2, 0) is 15.4 Å². The molecule has 0 aliphatic carbocycles. The van der Waals surface area contributed by atoms with Gasteiger partial charge in [-0.05, 0) is 57.4 Å². The van der Waals surface area contributed by atoms with Crippen molar-refractivity contribution in [2.24, 2.45) is 0 Å². The molecule has 1 N–H and O–H groups in total. The van der Waals surface area contributed by atoms with E-state index in [0.717, 1.165) is 17.8 Å². The largest absolute Gasteiger partial charge is 0.348 e. The van der Waals surface area contributed by atoms with E-state index in [0.29, 0.717) is 25.0 Å². The van der Waals surface area contributed by atoms with Gasteiger partial charge in [-0.1, -0.05) is 24.6 Å². The molecule has 6 nitrogen and oxygen atoms in total. The summed E-state index contributed by atoms with van der Waals surface area (Å²) < 4.78 is 54.8. The first kappa shape index (κ1) is 25.5. The molecular weight excluding hydrogens is 472 g/mol. The maximum Gasteiger partial charge on any atom is 0.256 e. The fourth-order valence-corrected chi connectivity index (χ4v) is 6.18. The molecule has 1 amide bonds. The Bertz CT molecular complexity index is 1140. The number of hydrogen-bond donors (Lipinski definition) is 1. The van der Waals surface area contributed by atoms with E-state index >= 15 is 0 Å². The molecule has 1 aromatic heterocycles. The van der Waals surface area contributed by atoms with Crippen LogP contribution < -0.4 is 5.32 Å². The van der Waals surface area contributed by atoms with Crippen LogP contribution >= 0.6 is 11.6 Å². The number of amides is 1. The van der Waals surface area contributed by atoms with Gasteiger partial charge in [0.1, 0.15) is 11.6 Å². The molecule has 2 aromatic rings. The van der Waals surface area contributed by atoms with E-state index in [9.17, 15) is 22.0 Å². The number of hydrogen-bond acceptors (Lipinski definition) is 4. The van der Waals surface area contributed by atoms with Crippen molar-refractivity contribution in [2.75, 3.05) is 18.8 Å². The SMILES string of the molecule is CCCS(=O)(=O)N1CCC(c2cccc(C)n2)([C@H](C)NC(=O)c2c(F)ccc(F)c2Cl)CC1. The van der Waals surface area contributed by atoms with Gasteiger partial charge in [0.15, 0.2) is 0 Å². The van der Waals surface area contributed by atoms with E-state index in [1.807, 2.05) is 32.0 Å². The Balaban J connectivity index is 1.93. The maximum absolute atomic E-state index is 14.3. The van der Waals surface area contributed by atoms with Crippen molar-refractivity contribution in [3.63, 3.8) is 0 Å². The molecule has 1 atom stereocenters. The minimum Gasteiger partial charge on any atom is -0.348 e. The van der Waals surface area contributed by atoms with Crippen LogP contribution in [0.5, 0.6) is 0 Å². The van der Waals surface area contributed by atoms with Crippen molar-refractivity contribution in [3.05, 3.63) is 63.9 Å². The molecule has 3 rings (SSSR count). The van der Waals surface area contributed by atoms with Gasteiger partial charge in [-0.2, -0.15) is 0 Å². The molecule has 33 heavy (non-hydrogen) atoms. The quantitative estimate of drug-likeness (QED) is 0.579. The first-order chi connectivity index (χ1) is 15.5. The van der Waals surface area contributed by atoms with Crippen molar-refractivity contribution < 1.29 is 22.0 Å². The van der Waals surface area contributed by atoms with Crippen molar-refractivity contribution in [3.8, 4) is 0 Å². The smallest absolute Gasteiger partial charge is 0.256 e. The second kappa shape index (κ2) is 10.0. The number of halogens is 3. The topological polar surface area (TPSA) is 79.4 Å². The zero-order valence-corrected chi connectivity index (χ0v) is 20.4. The summed E-state index contributed by atoms with van der Waals surface area (Å²) in [5, 5.41) is 2.19. The lowest BCUT2D eigenvalue weighted by atomic mass is 9.70. The van der Waals surface area contributed by atoms with E-state index in [2.05, 4.69) is 10.3 Å². The lowest BCUT2D eigenvalue weighted by Gasteiger charge is -2.45. The van der Waals surface area contributed by atoms with Crippen LogP contribution in [0.15, 0.2) is 30.3 Å². The summed E-state index contributed by atoms with van der Waals surface area (Å²) in [4.78, 5) is 17.6. The van der Waals surface area contributed by atoms with Crippen LogP contribution in [0.2, 0.25) is 5.02 Å². The van der Waals surface area contributed by atoms with E-state index in [4.69, 9.17) is 11.6 Å². The van der Waals surface area contributed by atoms with Gasteiger partial charge in [-0.3, -0.25) is 9.78 Å². The first-order valence-electron chi connectivity index (χ1n) is 10.9. The van der Waals surface area contributed by atoms with Crippen LogP contribution in [0.1, 0.15) is 54.9 Å². The van der Waals surface area contributed by atoms with Crippen molar-refractivity contribution in [2.45, 2.75) is 51.5 Å². The van der Waals surface area contributed by atoms with Crippen LogP contribution in [0.3, 0.4) is 0 Å². The Morgan fingerprint density at radius 2 is 1.85 bits per heavy atom. The highest BCUT2D eigenvalue weighted by Gasteiger charge is 2.45. The van der Waals surface area contributed by atoms with Gasteiger partial charge in [-0.15, -0.1) is 0 Å². The Morgan fingerprint density at radius 3 is 2.45 bits per heavy atom. The summed E-state index contributed by atoms with van der Waals surface area (Å²) >= 11 is 5.87. The summed E-state index contributed by atoms with van der Waals surface area (Å²) in [7, 11) is -3.36. The lowest BCUT2D eigenvalue weighted by Crippen LogP contribution is -2.55. The van der Waals surface area contributed by atoms with Gasteiger partial charge in [0.2, 0.25) is 10.0 Å². The van der Waals surface area contributed by atoms with Crippen LogP contribution in [0.4, 0.5) is 8.78 Å². The monoisotopic (exact) mass is 499 g/mol.